The van der Waals surface area contributed by atoms with E-state index in [-0.39, 0.29) is 25.6 Å². The molecule has 0 radical (unpaired) electrons. The zero-order valence-corrected chi connectivity index (χ0v) is 31.9. The highest BCUT2D eigenvalue weighted by Crippen LogP contribution is 2.62. The average Bonchev–Trinajstić information content (AvgIpc) is 3.20. The molecule has 256 valence electrons. The Morgan fingerprint density at radius 3 is 2.44 bits per heavy atom. The summed E-state index contributed by atoms with van der Waals surface area (Å²) in [6.45, 7) is 14.4. The number of aryl methyl sites for hydroxylation is 1. The molecular weight excluding hydrogens is 686 g/mol. The van der Waals surface area contributed by atoms with Crippen LogP contribution in [0.1, 0.15) is 61.4 Å². The molecule has 1 spiro atoms. The first-order valence-corrected chi connectivity index (χ1v) is 21.0. The number of anilines is 1. The van der Waals surface area contributed by atoms with Crippen molar-refractivity contribution in [1.82, 2.24) is 4.90 Å². The number of halogens is 3. The Bertz CT molecular complexity index is 1740. The molecule has 1 fully saturated rings. The summed E-state index contributed by atoms with van der Waals surface area (Å²) in [5.74, 6) is -1.76. The van der Waals surface area contributed by atoms with Crippen LogP contribution in [0.2, 0.25) is 35.7 Å². The molecule has 5 rings (SSSR count). The van der Waals surface area contributed by atoms with Gasteiger partial charge in [0.05, 0.1) is 16.7 Å². The van der Waals surface area contributed by atoms with Crippen molar-refractivity contribution in [3.05, 3.63) is 98.8 Å². The van der Waals surface area contributed by atoms with E-state index >= 15 is 9.18 Å². The number of nitrogens with zero attached hydrogens (tertiary/aromatic N) is 2. The molecule has 6 nitrogen and oxygen atoms in total. The van der Waals surface area contributed by atoms with E-state index in [0.29, 0.717) is 38.5 Å². The van der Waals surface area contributed by atoms with Gasteiger partial charge >= 0.3 is 5.97 Å². The van der Waals surface area contributed by atoms with E-state index in [1.54, 1.807) is 54.8 Å². The second-order valence-corrected chi connectivity index (χ2v) is 21.9. The zero-order valence-electron chi connectivity index (χ0n) is 28.5. The third-order valence-corrected chi connectivity index (χ3v) is 11.6. The Hall–Kier alpha value is -2.82. The Morgan fingerprint density at radius 1 is 1.06 bits per heavy atom. The third-order valence-electron chi connectivity index (χ3n) is 9.01. The summed E-state index contributed by atoms with van der Waals surface area (Å²) in [6.07, 6.45) is 0.251. The summed E-state index contributed by atoms with van der Waals surface area (Å²) in [5.41, 5.74) is 1.25. The molecule has 11 heteroatoms. The smallest absolute Gasteiger partial charge is 0.326 e. The number of carbonyl (C=O) groups excluding carboxylic acids is 2. The van der Waals surface area contributed by atoms with Crippen LogP contribution >= 0.6 is 35.4 Å². The quantitative estimate of drug-likeness (QED) is 0.0948. The number of likely N-dealkylation sites (tertiary alicyclic amines) is 1. The van der Waals surface area contributed by atoms with Gasteiger partial charge in [-0.2, -0.15) is 0 Å². The van der Waals surface area contributed by atoms with Gasteiger partial charge in [0.1, 0.15) is 30.1 Å². The molecule has 3 aromatic carbocycles. The average molecular weight is 730 g/mol. The number of piperidine rings is 1. The van der Waals surface area contributed by atoms with Gasteiger partial charge in [-0.25, -0.2) is 4.39 Å². The van der Waals surface area contributed by atoms with Crippen LogP contribution in [0.3, 0.4) is 0 Å². The highest BCUT2D eigenvalue weighted by Gasteiger charge is 2.65. The van der Waals surface area contributed by atoms with Crippen molar-refractivity contribution in [1.29, 1.82) is 0 Å². The predicted molar refractivity (Wildman–Crippen MR) is 197 cm³/mol. The fraction of sp³-hybridized carbons (Fsp3) is 0.432. The molecule has 0 saturated carbocycles. The summed E-state index contributed by atoms with van der Waals surface area (Å²) in [5, 5.41) is 0.969. The van der Waals surface area contributed by atoms with Gasteiger partial charge in [-0.1, -0.05) is 79.3 Å². The molecule has 1 saturated heterocycles. The van der Waals surface area contributed by atoms with E-state index in [4.69, 9.17) is 44.9 Å². The monoisotopic (exact) mass is 728 g/mol. The molecule has 1 amide bonds. The molecule has 2 aliphatic heterocycles. The van der Waals surface area contributed by atoms with Crippen LogP contribution < -0.4 is 4.90 Å². The van der Waals surface area contributed by atoms with Crippen LogP contribution in [0, 0.1) is 12.7 Å². The first-order chi connectivity index (χ1) is 22.4. The lowest BCUT2D eigenvalue weighted by atomic mass is 9.58. The Kier molecular flexibility index (Phi) is 10.5. The van der Waals surface area contributed by atoms with Gasteiger partial charge in [0.2, 0.25) is 5.91 Å². The third kappa shape index (κ3) is 7.36. The molecule has 0 bridgehead atoms. The number of carbonyl (C=O) groups is 2. The number of hydrogen-bond donors (Lipinski definition) is 0. The van der Waals surface area contributed by atoms with Crippen LogP contribution in [0.15, 0.2) is 60.7 Å². The van der Waals surface area contributed by atoms with Crippen molar-refractivity contribution in [2.75, 3.05) is 24.8 Å². The number of benzene rings is 3. The predicted octanol–water partition coefficient (Wildman–Crippen LogP) is 9.24. The standard InChI is InChI=1S/C37H43Cl2FN2O4SSi/c1-23-11-13-27(40)19-28(23)34-37(29-14-12-26(39)18-31(29)42(35(37)44)22-45-15-16-48(5,6)7)30(24-9-8-10-25(38)17-24)20-32(47)41(34)21-33(43)46-36(2,3)4/h8-14,17-19,30,34H,15-16,20-22H2,1-7H3/t30-,34+,37-/m0/s1. The normalized spacial score (nSPS) is 21.2. The largest absolute Gasteiger partial charge is 0.459 e. The van der Waals surface area contributed by atoms with Gasteiger partial charge in [0.25, 0.3) is 0 Å². The van der Waals surface area contributed by atoms with Gasteiger partial charge in [-0.15, -0.1) is 0 Å². The van der Waals surface area contributed by atoms with E-state index in [9.17, 15) is 4.79 Å². The first kappa shape index (κ1) is 36.5. The number of esters is 1. The SMILES string of the molecule is Cc1ccc(F)cc1[C@H]1N(CC(=O)OC(C)(C)C)C(=S)C[C@@H](c2cccc(Cl)c2)[C@]12C(=O)N(COCC[Si](C)(C)C)c1cc(Cl)ccc12. The van der Waals surface area contributed by atoms with Crippen LogP contribution in [0.25, 0.3) is 0 Å². The molecule has 0 aromatic heterocycles. The fourth-order valence-corrected chi connectivity index (χ4v) is 8.40. The van der Waals surface area contributed by atoms with Gasteiger partial charge in [0.15, 0.2) is 0 Å². The summed E-state index contributed by atoms with van der Waals surface area (Å²) in [7, 11) is -1.41. The topological polar surface area (TPSA) is 59.1 Å². The molecular formula is C37H43Cl2FN2O4SSi. The lowest BCUT2D eigenvalue weighted by Crippen LogP contribution is -2.60. The van der Waals surface area contributed by atoms with Crippen molar-refractivity contribution in [3.63, 3.8) is 0 Å². The van der Waals surface area contributed by atoms with Crippen LogP contribution in [-0.4, -0.2) is 55.3 Å². The van der Waals surface area contributed by atoms with E-state index < -0.39 is 42.8 Å². The minimum Gasteiger partial charge on any atom is -0.459 e. The van der Waals surface area contributed by atoms with Crippen LogP contribution in [0.4, 0.5) is 10.1 Å². The Morgan fingerprint density at radius 2 is 1.77 bits per heavy atom. The first-order valence-electron chi connectivity index (χ1n) is 16.1. The van der Waals surface area contributed by atoms with Crippen molar-refractivity contribution in [2.45, 2.75) is 82.8 Å². The molecule has 2 aliphatic rings. The lowest BCUT2D eigenvalue weighted by Gasteiger charge is -2.53. The molecule has 48 heavy (non-hydrogen) atoms. The summed E-state index contributed by atoms with van der Waals surface area (Å²) >= 11 is 19.3. The van der Waals surface area contributed by atoms with Gasteiger partial charge in [0, 0.05) is 37.1 Å². The van der Waals surface area contributed by atoms with Crippen molar-refractivity contribution in [2.24, 2.45) is 0 Å². The van der Waals surface area contributed by atoms with Crippen LogP contribution in [-0.2, 0) is 24.5 Å². The van der Waals surface area contributed by atoms with E-state index in [0.717, 1.165) is 17.2 Å². The number of amides is 1. The number of rotatable bonds is 9. The van der Waals surface area contributed by atoms with Crippen molar-refractivity contribution >= 4 is 66.0 Å². The number of thiocarbonyl (C=S) groups is 1. The Balaban J connectivity index is 1.79. The molecule has 0 aliphatic carbocycles. The molecule has 0 unspecified atom stereocenters. The maximum Gasteiger partial charge on any atom is 0.326 e. The van der Waals surface area contributed by atoms with Gasteiger partial charge in [-0.3, -0.25) is 14.5 Å². The number of ether oxygens (including phenoxy) is 2. The van der Waals surface area contributed by atoms with Gasteiger partial charge in [-0.05, 0) is 92.4 Å². The second-order valence-electron chi connectivity index (χ2n) is 14.9. The lowest BCUT2D eigenvalue weighted by molar-refractivity contribution is -0.156. The van der Waals surface area contributed by atoms with E-state index in [2.05, 4.69) is 19.6 Å². The maximum absolute atomic E-state index is 15.6. The van der Waals surface area contributed by atoms with Crippen LogP contribution in [0.5, 0.6) is 0 Å². The van der Waals surface area contributed by atoms with Gasteiger partial charge < -0.3 is 14.4 Å². The fourth-order valence-electron chi connectivity index (χ4n) is 6.94. The summed E-state index contributed by atoms with van der Waals surface area (Å²) in [6, 6.07) is 17.4. The van der Waals surface area contributed by atoms with Crippen molar-refractivity contribution < 1.29 is 23.5 Å². The summed E-state index contributed by atoms with van der Waals surface area (Å²) in [4.78, 5) is 33.0. The number of hydrogen-bond acceptors (Lipinski definition) is 5. The zero-order chi connectivity index (χ0) is 35.2. The molecule has 0 N–H and O–H groups in total. The summed E-state index contributed by atoms with van der Waals surface area (Å²) < 4.78 is 27.3. The Labute approximate surface area is 299 Å². The second kappa shape index (κ2) is 13.8. The minimum atomic E-state index is -1.41. The molecule has 2 heterocycles. The van der Waals surface area contributed by atoms with Crippen molar-refractivity contribution in [3.8, 4) is 0 Å². The number of fused-ring (bicyclic) bond motifs is 2. The molecule has 3 atom stereocenters. The van der Waals surface area contributed by atoms with E-state index in [1.807, 2.05) is 31.2 Å². The van der Waals surface area contributed by atoms with E-state index in [1.165, 1.54) is 12.1 Å². The highest BCUT2D eigenvalue weighted by molar-refractivity contribution is 7.80. The maximum atomic E-state index is 15.6. The molecule has 3 aromatic rings. The minimum absolute atomic E-state index is 0.00599. The highest BCUT2D eigenvalue weighted by atomic mass is 35.5.